The molecule has 2 aliphatic heterocycles. The van der Waals surface area contributed by atoms with Crippen LogP contribution in [0, 0.1) is 5.82 Å². The zero-order chi connectivity index (χ0) is 23.9. The van der Waals surface area contributed by atoms with Crippen molar-refractivity contribution >= 4 is 23.2 Å². The predicted molar refractivity (Wildman–Crippen MR) is 127 cm³/mol. The van der Waals surface area contributed by atoms with E-state index >= 15 is 0 Å². The van der Waals surface area contributed by atoms with E-state index in [4.69, 9.17) is 9.72 Å². The number of nitrogens with one attached hydrogen (secondary N) is 1. The van der Waals surface area contributed by atoms with Crippen LogP contribution in [0.15, 0.2) is 54.9 Å². The number of amides is 2. The maximum Gasteiger partial charge on any atom is 0.327 e. The van der Waals surface area contributed by atoms with Crippen molar-refractivity contribution in [1.82, 2.24) is 9.97 Å². The van der Waals surface area contributed by atoms with Crippen molar-refractivity contribution in [2.75, 3.05) is 34.8 Å². The fraction of sp³-hybridized carbons (Fsp3) is 0.320. The molecule has 176 valence electrons. The Morgan fingerprint density at radius 3 is 2.82 bits per heavy atom. The van der Waals surface area contributed by atoms with Crippen LogP contribution in [0.3, 0.4) is 0 Å². The predicted octanol–water partition coefficient (Wildman–Crippen LogP) is 5.04. The zero-order valence-corrected chi connectivity index (χ0v) is 19.0. The quantitative estimate of drug-likeness (QED) is 0.587. The minimum Gasteiger partial charge on any atom is -0.482 e. The highest BCUT2D eigenvalue weighted by atomic mass is 19.1. The Morgan fingerprint density at radius 2 is 2.06 bits per heavy atom. The van der Waals surface area contributed by atoms with Gasteiger partial charge in [0.15, 0.2) is 11.6 Å². The molecular formula is C25H25F2N5O2. The molecule has 5 rings (SSSR count). The number of halogens is 2. The standard InChI is InChI=1S/C25H25F2N5O2/c1-25(2)15-32(24(33)29-19-11-18(27)12-28-13-19)23-22(34-25)7-6-21(30-23)16-4-3-5-20(10-16)31-9-8-17(26)14-31/h3-7,10-13,17H,8-9,14-15H2,1-2H3,(H,29,33). The number of hydrogen-bond donors (Lipinski definition) is 1. The summed E-state index contributed by atoms with van der Waals surface area (Å²) in [5, 5.41) is 2.69. The third-order valence-electron chi connectivity index (χ3n) is 5.86. The number of anilines is 3. The molecule has 3 aromatic rings. The topological polar surface area (TPSA) is 70.6 Å². The van der Waals surface area contributed by atoms with E-state index in [1.54, 1.807) is 6.07 Å². The molecule has 7 nitrogen and oxygen atoms in total. The van der Waals surface area contributed by atoms with Crippen molar-refractivity contribution in [3.8, 4) is 17.0 Å². The third-order valence-corrected chi connectivity index (χ3v) is 5.86. The second-order valence-corrected chi connectivity index (χ2v) is 9.17. The number of fused-ring (bicyclic) bond motifs is 1. The van der Waals surface area contributed by atoms with Gasteiger partial charge in [-0.3, -0.25) is 9.88 Å². The Balaban J connectivity index is 1.47. The minimum absolute atomic E-state index is 0.247. The van der Waals surface area contributed by atoms with E-state index in [1.807, 2.05) is 49.1 Å². The lowest BCUT2D eigenvalue weighted by molar-refractivity contribution is 0.106. The number of carbonyl (C=O) groups excluding carboxylic acids is 1. The fourth-order valence-corrected chi connectivity index (χ4v) is 4.31. The molecule has 2 aliphatic rings. The highest BCUT2D eigenvalue weighted by molar-refractivity contribution is 6.02. The lowest BCUT2D eigenvalue weighted by atomic mass is 10.1. The van der Waals surface area contributed by atoms with Gasteiger partial charge in [0, 0.05) is 30.4 Å². The number of rotatable bonds is 3. The lowest BCUT2D eigenvalue weighted by Gasteiger charge is -2.38. The summed E-state index contributed by atoms with van der Waals surface area (Å²) in [5.74, 6) is 0.301. The summed E-state index contributed by atoms with van der Waals surface area (Å²) in [6.07, 6.45) is 2.16. The Hall–Kier alpha value is -3.75. The molecule has 1 atom stereocenters. The Labute approximate surface area is 196 Å². The van der Waals surface area contributed by atoms with Crippen LogP contribution < -0.4 is 19.9 Å². The van der Waals surface area contributed by atoms with E-state index in [9.17, 15) is 13.6 Å². The van der Waals surface area contributed by atoms with Crippen LogP contribution in [-0.2, 0) is 0 Å². The van der Waals surface area contributed by atoms with Crippen molar-refractivity contribution in [3.05, 3.63) is 60.7 Å². The molecule has 1 fully saturated rings. The SMILES string of the molecule is CC1(C)CN(C(=O)Nc2cncc(F)c2)c2nc(-c3cccc(N4CCC(F)C4)c3)ccc2O1. The fourth-order valence-electron chi connectivity index (χ4n) is 4.31. The molecule has 1 aromatic carbocycles. The van der Waals surface area contributed by atoms with E-state index in [0.717, 1.165) is 17.4 Å². The molecule has 0 spiro atoms. The second-order valence-electron chi connectivity index (χ2n) is 9.17. The first-order valence-corrected chi connectivity index (χ1v) is 11.2. The van der Waals surface area contributed by atoms with Crippen LogP contribution in [0.1, 0.15) is 20.3 Å². The Kier molecular flexibility index (Phi) is 5.55. The maximum absolute atomic E-state index is 13.7. The van der Waals surface area contributed by atoms with Crippen LogP contribution in [0.2, 0.25) is 0 Å². The molecular weight excluding hydrogens is 440 g/mol. The first-order chi connectivity index (χ1) is 16.3. The number of nitrogens with zero attached hydrogens (tertiary/aromatic N) is 4. The lowest BCUT2D eigenvalue weighted by Crippen LogP contribution is -2.51. The van der Waals surface area contributed by atoms with Crippen molar-refractivity contribution < 1.29 is 18.3 Å². The van der Waals surface area contributed by atoms with Gasteiger partial charge in [-0.15, -0.1) is 0 Å². The summed E-state index contributed by atoms with van der Waals surface area (Å²) in [7, 11) is 0. The van der Waals surface area contributed by atoms with Gasteiger partial charge in [-0.1, -0.05) is 12.1 Å². The van der Waals surface area contributed by atoms with Gasteiger partial charge in [0.25, 0.3) is 0 Å². The van der Waals surface area contributed by atoms with Crippen LogP contribution >= 0.6 is 0 Å². The number of pyridine rings is 2. The van der Waals surface area contributed by atoms with E-state index in [2.05, 4.69) is 10.3 Å². The summed E-state index contributed by atoms with van der Waals surface area (Å²) in [4.78, 5) is 25.2. The minimum atomic E-state index is -0.814. The molecule has 2 aromatic heterocycles. The van der Waals surface area contributed by atoms with Gasteiger partial charge in [-0.25, -0.2) is 18.6 Å². The average molecular weight is 466 g/mol. The number of ether oxygens (including phenoxy) is 1. The number of benzene rings is 1. The Morgan fingerprint density at radius 1 is 1.21 bits per heavy atom. The highest BCUT2D eigenvalue weighted by Crippen LogP contribution is 2.38. The van der Waals surface area contributed by atoms with Crippen molar-refractivity contribution in [3.63, 3.8) is 0 Å². The van der Waals surface area contributed by atoms with Crippen molar-refractivity contribution in [2.45, 2.75) is 32.0 Å². The zero-order valence-electron chi connectivity index (χ0n) is 19.0. The molecule has 0 aliphatic carbocycles. The molecule has 0 radical (unpaired) electrons. The molecule has 0 saturated carbocycles. The first kappa shape index (κ1) is 22.1. The van der Waals surface area contributed by atoms with Gasteiger partial charge in [0.1, 0.15) is 17.6 Å². The summed E-state index contributed by atoms with van der Waals surface area (Å²) in [6, 6.07) is 12.1. The highest BCUT2D eigenvalue weighted by Gasteiger charge is 2.36. The van der Waals surface area contributed by atoms with Crippen LogP contribution in [0.5, 0.6) is 5.75 Å². The molecule has 1 saturated heterocycles. The molecule has 4 heterocycles. The maximum atomic E-state index is 13.7. The number of aromatic nitrogens is 2. The molecule has 1 N–H and O–H groups in total. The van der Waals surface area contributed by atoms with Gasteiger partial charge >= 0.3 is 6.03 Å². The number of urea groups is 1. The van der Waals surface area contributed by atoms with Crippen LogP contribution in [0.25, 0.3) is 11.3 Å². The smallest absolute Gasteiger partial charge is 0.327 e. The van der Waals surface area contributed by atoms with Crippen LogP contribution in [0.4, 0.5) is 30.8 Å². The van der Waals surface area contributed by atoms with Crippen molar-refractivity contribution in [1.29, 1.82) is 0 Å². The summed E-state index contributed by atoms with van der Waals surface area (Å²) in [5.41, 5.74) is 2.04. The van der Waals surface area contributed by atoms with Gasteiger partial charge in [0.2, 0.25) is 0 Å². The first-order valence-electron chi connectivity index (χ1n) is 11.2. The monoisotopic (exact) mass is 465 g/mol. The number of hydrogen-bond acceptors (Lipinski definition) is 5. The summed E-state index contributed by atoms with van der Waals surface area (Å²) < 4.78 is 33.3. The normalized spacial score (nSPS) is 18.9. The molecule has 1 unspecified atom stereocenters. The third kappa shape index (κ3) is 4.50. The Bertz CT molecular complexity index is 1240. The summed E-state index contributed by atoms with van der Waals surface area (Å²) in [6.45, 7) is 5.06. The van der Waals surface area contributed by atoms with E-state index in [0.29, 0.717) is 36.8 Å². The van der Waals surface area contributed by atoms with E-state index in [-0.39, 0.29) is 12.2 Å². The second kappa shape index (κ2) is 8.55. The largest absolute Gasteiger partial charge is 0.482 e. The number of carbonyl (C=O) groups is 1. The van der Waals surface area contributed by atoms with E-state index < -0.39 is 23.6 Å². The van der Waals surface area contributed by atoms with Gasteiger partial charge in [-0.2, -0.15) is 0 Å². The van der Waals surface area contributed by atoms with Crippen LogP contribution in [-0.4, -0.2) is 47.4 Å². The van der Waals surface area contributed by atoms with Gasteiger partial charge in [0.05, 0.1) is 30.3 Å². The van der Waals surface area contributed by atoms with E-state index in [1.165, 1.54) is 17.2 Å². The van der Waals surface area contributed by atoms with Crippen molar-refractivity contribution in [2.24, 2.45) is 0 Å². The number of alkyl halides is 1. The molecule has 2 amide bonds. The molecule has 34 heavy (non-hydrogen) atoms. The van der Waals surface area contributed by atoms with Gasteiger partial charge in [-0.05, 0) is 44.5 Å². The molecule has 9 heteroatoms. The summed E-state index contributed by atoms with van der Waals surface area (Å²) >= 11 is 0. The van der Waals surface area contributed by atoms with Gasteiger partial charge < -0.3 is 15.0 Å². The average Bonchev–Trinajstić information content (AvgIpc) is 3.24. The molecule has 0 bridgehead atoms.